The minimum atomic E-state index is -0.193. The average molecular weight is 277 g/mol. The fraction of sp³-hybridized carbons (Fsp3) is 0.647. The molecule has 2 atom stereocenters. The summed E-state index contributed by atoms with van der Waals surface area (Å²) in [6.07, 6.45) is 0.981. The Kier molecular flexibility index (Phi) is 4.12. The second-order valence-electron chi connectivity index (χ2n) is 6.80. The van der Waals surface area contributed by atoms with Gasteiger partial charge in [-0.05, 0) is 58.7 Å². The van der Waals surface area contributed by atoms with Gasteiger partial charge < -0.3 is 15.2 Å². The topological polar surface area (TPSA) is 44.5 Å². The van der Waals surface area contributed by atoms with Crippen LogP contribution in [0.4, 0.5) is 0 Å². The maximum absolute atomic E-state index is 6.50. The Hall–Kier alpha value is -1.06. The first-order valence-electron chi connectivity index (χ1n) is 7.44. The molecular formula is C17H27NO2. The van der Waals surface area contributed by atoms with Gasteiger partial charge in [-0.15, -0.1) is 0 Å². The van der Waals surface area contributed by atoms with Crippen molar-refractivity contribution in [2.75, 3.05) is 6.61 Å². The molecule has 2 unspecified atom stereocenters. The van der Waals surface area contributed by atoms with Crippen LogP contribution in [0.5, 0.6) is 5.75 Å². The summed E-state index contributed by atoms with van der Waals surface area (Å²) < 4.78 is 11.6. The van der Waals surface area contributed by atoms with Gasteiger partial charge in [-0.2, -0.15) is 0 Å². The van der Waals surface area contributed by atoms with Gasteiger partial charge in [0.25, 0.3) is 0 Å². The molecule has 0 saturated carbocycles. The van der Waals surface area contributed by atoms with E-state index in [1.807, 2.05) is 19.1 Å². The molecule has 2 N–H and O–H groups in total. The minimum absolute atomic E-state index is 0.0116. The predicted octanol–water partition coefficient (Wildman–Crippen LogP) is 3.68. The predicted molar refractivity (Wildman–Crippen MR) is 81.9 cm³/mol. The van der Waals surface area contributed by atoms with E-state index < -0.39 is 0 Å². The third-order valence-electron chi connectivity index (χ3n) is 4.15. The molecule has 1 saturated heterocycles. The quantitative estimate of drug-likeness (QED) is 0.913. The fourth-order valence-corrected chi connectivity index (χ4v) is 3.35. The summed E-state index contributed by atoms with van der Waals surface area (Å²) in [6, 6.07) is 8.11. The van der Waals surface area contributed by atoms with Crippen molar-refractivity contribution < 1.29 is 9.47 Å². The smallest absolute Gasteiger partial charge is 0.119 e. The Bertz CT molecular complexity index is 451. The molecule has 1 fully saturated rings. The Morgan fingerprint density at radius 1 is 1.25 bits per heavy atom. The molecule has 1 aliphatic heterocycles. The summed E-state index contributed by atoms with van der Waals surface area (Å²) in [6.45, 7) is 11.2. The Morgan fingerprint density at radius 3 is 2.30 bits per heavy atom. The van der Waals surface area contributed by atoms with Crippen molar-refractivity contribution in [2.45, 2.75) is 58.3 Å². The molecule has 20 heavy (non-hydrogen) atoms. The van der Waals surface area contributed by atoms with Crippen molar-refractivity contribution in [3.63, 3.8) is 0 Å². The van der Waals surface area contributed by atoms with Crippen LogP contribution in [0, 0.1) is 5.92 Å². The lowest BCUT2D eigenvalue weighted by Gasteiger charge is -2.31. The number of ether oxygens (including phenoxy) is 2. The summed E-state index contributed by atoms with van der Waals surface area (Å²) in [5.74, 6) is 1.21. The zero-order valence-corrected chi connectivity index (χ0v) is 13.3. The summed E-state index contributed by atoms with van der Waals surface area (Å²) in [5, 5.41) is 0. The maximum Gasteiger partial charge on any atom is 0.119 e. The van der Waals surface area contributed by atoms with E-state index in [0.29, 0.717) is 12.5 Å². The molecule has 112 valence electrons. The van der Waals surface area contributed by atoms with Gasteiger partial charge in [-0.3, -0.25) is 0 Å². The first kappa shape index (κ1) is 15.3. The first-order valence-corrected chi connectivity index (χ1v) is 7.44. The van der Waals surface area contributed by atoms with Crippen molar-refractivity contribution in [1.29, 1.82) is 0 Å². The lowest BCUT2D eigenvalue weighted by Crippen LogP contribution is -2.35. The minimum Gasteiger partial charge on any atom is -0.494 e. The lowest BCUT2D eigenvalue weighted by atomic mass is 9.79. The highest BCUT2D eigenvalue weighted by atomic mass is 16.5. The Morgan fingerprint density at radius 2 is 1.85 bits per heavy atom. The van der Waals surface area contributed by atoms with E-state index in [1.165, 1.54) is 0 Å². The van der Waals surface area contributed by atoms with Gasteiger partial charge in [0, 0.05) is 12.0 Å². The summed E-state index contributed by atoms with van der Waals surface area (Å²) in [5.41, 5.74) is 7.35. The molecule has 1 aromatic rings. The lowest BCUT2D eigenvalue weighted by molar-refractivity contribution is -0.0767. The summed E-state index contributed by atoms with van der Waals surface area (Å²) >= 11 is 0. The molecule has 2 rings (SSSR count). The maximum atomic E-state index is 6.50. The normalized spacial score (nSPS) is 25.4. The zero-order chi connectivity index (χ0) is 15.0. The number of benzene rings is 1. The molecule has 1 heterocycles. The van der Waals surface area contributed by atoms with Gasteiger partial charge in [-0.25, -0.2) is 0 Å². The van der Waals surface area contributed by atoms with E-state index in [4.69, 9.17) is 15.2 Å². The Labute approximate surface area is 122 Å². The molecule has 0 bridgehead atoms. The van der Waals surface area contributed by atoms with Crippen LogP contribution < -0.4 is 10.5 Å². The van der Waals surface area contributed by atoms with Crippen LogP contribution in [0.1, 0.15) is 52.6 Å². The van der Waals surface area contributed by atoms with E-state index in [2.05, 4.69) is 39.8 Å². The largest absolute Gasteiger partial charge is 0.494 e. The van der Waals surface area contributed by atoms with E-state index in [-0.39, 0.29) is 17.2 Å². The number of rotatable bonds is 4. The molecule has 1 aliphatic rings. The van der Waals surface area contributed by atoms with Crippen molar-refractivity contribution in [1.82, 2.24) is 0 Å². The van der Waals surface area contributed by atoms with Crippen molar-refractivity contribution >= 4 is 0 Å². The molecule has 0 radical (unpaired) electrons. The SMILES string of the molecule is CCOc1ccc(C(N)C2CC(C)(C)OC2(C)C)cc1. The zero-order valence-electron chi connectivity index (χ0n) is 13.3. The third kappa shape index (κ3) is 3.15. The van der Waals surface area contributed by atoms with Crippen LogP contribution in [0.2, 0.25) is 0 Å². The second-order valence-corrected chi connectivity index (χ2v) is 6.80. The summed E-state index contributed by atoms with van der Waals surface area (Å²) in [7, 11) is 0. The average Bonchev–Trinajstić information content (AvgIpc) is 2.58. The number of hydrogen-bond donors (Lipinski definition) is 1. The third-order valence-corrected chi connectivity index (χ3v) is 4.15. The highest BCUT2D eigenvalue weighted by Crippen LogP contribution is 2.46. The van der Waals surface area contributed by atoms with E-state index in [1.54, 1.807) is 0 Å². The molecule has 1 aromatic carbocycles. The van der Waals surface area contributed by atoms with Crippen LogP contribution in [-0.2, 0) is 4.74 Å². The molecule has 3 heteroatoms. The molecule has 0 spiro atoms. The van der Waals surface area contributed by atoms with Crippen LogP contribution in [-0.4, -0.2) is 17.8 Å². The van der Waals surface area contributed by atoms with Gasteiger partial charge in [0.1, 0.15) is 5.75 Å². The van der Waals surface area contributed by atoms with Crippen molar-refractivity contribution in [3.8, 4) is 5.75 Å². The first-order chi connectivity index (χ1) is 9.25. The molecule has 3 nitrogen and oxygen atoms in total. The summed E-state index contributed by atoms with van der Waals surface area (Å²) in [4.78, 5) is 0. The van der Waals surface area contributed by atoms with Gasteiger partial charge >= 0.3 is 0 Å². The van der Waals surface area contributed by atoms with Crippen LogP contribution in [0.25, 0.3) is 0 Å². The van der Waals surface area contributed by atoms with Gasteiger partial charge in [0.05, 0.1) is 17.8 Å². The number of hydrogen-bond acceptors (Lipinski definition) is 3. The number of nitrogens with two attached hydrogens (primary N) is 1. The van der Waals surface area contributed by atoms with Gasteiger partial charge in [-0.1, -0.05) is 12.1 Å². The molecule has 0 aliphatic carbocycles. The van der Waals surface area contributed by atoms with Crippen molar-refractivity contribution in [2.24, 2.45) is 11.7 Å². The molecule has 0 amide bonds. The van der Waals surface area contributed by atoms with E-state index >= 15 is 0 Å². The van der Waals surface area contributed by atoms with Crippen LogP contribution in [0.15, 0.2) is 24.3 Å². The fourth-order valence-electron chi connectivity index (χ4n) is 3.35. The van der Waals surface area contributed by atoms with Gasteiger partial charge in [0.15, 0.2) is 0 Å². The standard InChI is InChI=1S/C17H27NO2/c1-6-19-13-9-7-12(8-10-13)15(18)14-11-16(2,3)20-17(14,4)5/h7-10,14-15H,6,11,18H2,1-5H3. The second kappa shape index (κ2) is 5.38. The Balaban J connectivity index is 2.16. The van der Waals surface area contributed by atoms with E-state index in [9.17, 15) is 0 Å². The highest BCUT2D eigenvalue weighted by Gasteiger charge is 2.48. The monoisotopic (exact) mass is 277 g/mol. The van der Waals surface area contributed by atoms with Crippen LogP contribution >= 0.6 is 0 Å². The molecular weight excluding hydrogens is 250 g/mol. The van der Waals surface area contributed by atoms with Crippen LogP contribution in [0.3, 0.4) is 0 Å². The highest BCUT2D eigenvalue weighted by molar-refractivity contribution is 5.30. The van der Waals surface area contributed by atoms with E-state index in [0.717, 1.165) is 17.7 Å². The van der Waals surface area contributed by atoms with Crippen molar-refractivity contribution in [3.05, 3.63) is 29.8 Å². The molecule has 0 aromatic heterocycles. The van der Waals surface area contributed by atoms with Gasteiger partial charge in [0.2, 0.25) is 0 Å².